The van der Waals surface area contributed by atoms with Crippen molar-refractivity contribution in [2.45, 2.75) is 20.8 Å². The van der Waals surface area contributed by atoms with Crippen molar-refractivity contribution in [3.8, 4) is 11.5 Å². The number of benzene rings is 2. The van der Waals surface area contributed by atoms with Crippen LogP contribution in [0.15, 0.2) is 46.9 Å². The monoisotopic (exact) mass is 339 g/mol. The highest BCUT2D eigenvalue weighted by molar-refractivity contribution is 6.04. The van der Waals surface area contributed by atoms with Crippen LogP contribution in [-0.4, -0.2) is 19.1 Å². The molecule has 1 N–H and O–H groups in total. The van der Waals surface area contributed by atoms with Crippen molar-refractivity contribution >= 4 is 22.6 Å². The van der Waals surface area contributed by atoms with Gasteiger partial charge in [-0.1, -0.05) is 12.1 Å². The van der Waals surface area contributed by atoms with Crippen molar-refractivity contribution in [1.29, 1.82) is 0 Å². The molecule has 3 rings (SSSR count). The first-order valence-electron chi connectivity index (χ1n) is 8.32. The summed E-state index contributed by atoms with van der Waals surface area (Å²) >= 11 is 0. The normalized spacial score (nSPS) is 10.7. The summed E-state index contributed by atoms with van der Waals surface area (Å²) in [5.74, 6) is 1.22. The number of fused-ring (bicyclic) bond motifs is 1. The van der Waals surface area contributed by atoms with Gasteiger partial charge >= 0.3 is 0 Å². The maximum atomic E-state index is 12.5. The zero-order valence-corrected chi connectivity index (χ0v) is 14.6. The average molecular weight is 339 g/mol. The molecule has 0 aliphatic heterocycles. The first kappa shape index (κ1) is 16.9. The number of aryl methyl sites for hydroxylation is 1. The van der Waals surface area contributed by atoms with E-state index in [9.17, 15) is 4.79 Å². The van der Waals surface area contributed by atoms with Crippen molar-refractivity contribution in [3.05, 3.63) is 53.8 Å². The second kappa shape index (κ2) is 7.30. The van der Waals surface area contributed by atoms with E-state index in [0.717, 1.165) is 10.9 Å². The number of amides is 1. The van der Waals surface area contributed by atoms with E-state index in [1.807, 2.05) is 39.0 Å². The Kier molecular flexibility index (Phi) is 4.93. The standard InChI is InChI=1S/C20H21NO4/c1-4-23-16-9-8-15(12-18(16)24-5-2)21-20(22)19-11-14-7-6-13(3)10-17(14)25-19/h6-12H,4-5H2,1-3H3,(H,21,22). The van der Waals surface area contributed by atoms with E-state index in [4.69, 9.17) is 13.9 Å². The molecule has 0 spiro atoms. The lowest BCUT2D eigenvalue weighted by molar-refractivity contribution is 0.0998. The molecule has 0 aliphatic rings. The van der Waals surface area contributed by atoms with Gasteiger partial charge in [0.15, 0.2) is 17.3 Å². The third-order valence-corrected chi connectivity index (χ3v) is 3.70. The maximum absolute atomic E-state index is 12.5. The Morgan fingerprint density at radius 1 is 1.00 bits per heavy atom. The fourth-order valence-electron chi connectivity index (χ4n) is 2.57. The molecule has 5 heteroatoms. The quantitative estimate of drug-likeness (QED) is 0.701. The van der Waals surface area contributed by atoms with E-state index >= 15 is 0 Å². The van der Waals surface area contributed by atoms with Gasteiger partial charge in [0.2, 0.25) is 0 Å². The molecule has 0 fully saturated rings. The number of ether oxygens (including phenoxy) is 2. The highest BCUT2D eigenvalue weighted by atomic mass is 16.5. The second-order valence-electron chi connectivity index (χ2n) is 5.63. The predicted molar refractivity (Wildman–Crippen MR) is 97.7 cm³/mol. The molecular weight excluding hydrogens is 318 g/mol. The summed E-state index contributed by atoms with van der Waals surface area (Å²) < 4.78 is 16.8. The number of hydrogen-bond donors (Lipinski definition) is 1. The van der Waals surface area contributed by atoms with E-state index in [-0.39, 0.29) is 11.7 Å². The lowest BCUT2D eigenvalue weighted by atomic mass is 10.2. The van der Waals surface area contributed by atoms with Gasteiger partial charge in [0, 0.05) is 17.1 Å². The Bertz CT molecular complexity index is 898. The number of furan rings is 1. The van der Waals surface area contributed by atoms with Crippen LogP contribution in [0.5, 0.6) is 11.5 Å². The van der Waals surface area contributed by atoms with E-state index in [1.54, 1.807) is 24.3 Å². The second-order valence-corrected chi connectivity index (χ2v) is 5.63. The molecule has 1 aromatic heterocycles. The number of anilines is 1. The Hall–Kier alpha value is -2.95. The molecule has 1 heterocycles. The molecule has 3 aromatic rings. The Morgan fingerprint density at radius 2 is 1.76 bits per heavy atom. The molecule has 0 saturated carbocycles. The number of carbonyl (C=O) groups is 1. The molecule has 130 valence electrons. The van der Waals surface area contributed by atoms with Gasteiger partial charge in [0.05, 0.1) is 13.2 Å². The van der Waals surface area contributed by atoms with Gasteiger partial charge in [-0.25, -0.2) is 0 Å². The molecule has 1 amide bonds. The van der Waals surface area contributed by atoms with Crippen molar-refractivity contribution in [2.75, 3.05) is 18.5 Å². The number of rotatable bonds is 6. The zero-order valence-electron chi connectivity index (χ0n) is 14.6. The summed E-state index contributed by atoms with van der Waals surface area (Å²) in [6.07, 6.45) is 0. The number of carbonyl (C=O) groups excluding carboxylic acids is 1. The van der Waals surface area contributed by atoms with Gasteiger partial charge in [0.1, 0.15) is 5.58 Å². The molecule has 0 radical (unpaired) electrons. The minimum absolute atomic E-state index is 0.271. The van der Waals surface area contributed by atoms with Crippen LogP contribution in [0.4, 0.5) is 5.69 Å². The minimum Gasteiger partial charge on any atom is -0.490 e. The van der Waals surface area contributed by atoms with Gasteiger partial charge in [-0.2, -0.15) is 0 Å². The van der Waals surface area contributed by atoms with Crippen LogP contribution in [0.1, 0.15) is 30.0 Å². The molecule has 0 aliphatic carbocycles. The van der Waals surface area contributed by atoms with E-state index < -0.39 is 0 Å². The summed E-state index contributed by atoms with van der Waals surface area (Å²) in [6, 6.07) is 12.9. The fourth-order valence-corrected chi connectivity index (χ4v) is 2.57. The van der Waals surface area contributed by atoms with Crippen LogP contribution in [-0.2, 0) is 0 Å². The van der Waals surface area contributed by atoms with Crippen LogP contribution in [0.3, 0.4) is 0 Å². The lowest BCUT2D eigenvalue weighted by Crippen LogP contribution is -2.11. The molecular formula is C20H21NO4. The number of nitrogens with one attached hydrogen (secondary N) is 1. The SMILES string of the molecule is CCOc1ccc(NC(=O)c2cc3ccc(C)cc3o2)cc1OCC. The van der Waals surface area contributed by atoms with Crippen molar-refractivity contribution < 1.29 is 18.7 Å². The summed E-state index contributed by atoms with van der Waals surface area (Å²) in [5, 5.41) is 3.73. The molecule has 0 saturated heterocycles. The van der Waals surface area contributed by atoms with E-state index in [0.29, 0.717) is 36.0 Å². The van der Waals surface area contributed by atoms with Crippen molar-refractivity contribution in [1.82, 2.24) is 0 Å². The minimum atomic E-state index is -0.305. The van der Waals surface area contributed by atoms with Gasteiger partial charge in [-0.15, -0.1) is 0 Å². The molecule has 0 unspecified atom stereocenters. The van der Waals surface area contributed by atoms with Crippen molar-refractivity contribution in [2.24, 2.45) is 0 Å². The maximum Gasteiger partial charge on any atom is 0.291 e. The smallest absolute Gasteiger partial charge is 0.291 e. The molecule has 0 atom stereocenters. The van der Waals surface area contributed by atoms with Crippen LogP contribution < -0.4 is 14.8 Å². The van der Waals surface area contributed by atoms with Gasteiger partial charge in [-0.05, 0) is 50.6 Å². The third-order valence-electron chi connectivity index (χ3n) is 3.70. The first-order chi connectivity index (χ1) is 12.1. The van der Waals surface area contributed by atoms with Crippen LogP contribution in [0.2, 0.25) is 0 Å². The van der Waals surface area contributed by atoms with Gasteiger partial charge in [0.25, 0.3) is 5.91 Å². The van der Waals surface area contributed by atoms with Crippen LogP contribution >= 0.6 is 0 Å². The van der Waals surface area contributed by atoms with Crippen LogP contribution in [0, 0.1) is 6.92 Å². The molecule has 5 nitrogen and oxygen atoms in total. The fraction of sp³-hybridized carbons (Fsp3) is 0.250. The highest BCUT2D eigenvalue weighted by Gasteiger charge is 2.14. The molecule has 2 aromatic carbocycles. The molecule has 25 heavy (non-hydrogen) atoms. The topological polar surface area (TPSA) is 60.7 Å². The Morgan fingerprint density at radius 3 is 2.52 bits per heavy atom. The van der Waals surface area contributed by atoms with Gasteiger partial charge < -0.3 is 19.2 Å². The Balaban J connectivity index is 1.82. The highest BCUT2D eigenvalue weighted by Crippen LogP contribution is 2.31. The molecule has 0 bridgehead atoms. The van der Waals surface area contributed by atoms with E-state index in [1.165, 1.54) is 0 Å². The lowest BCUT2D eigenvalue weighted by Gasteiger charge is -2.12. The summed E-state index contributed by atoms with van der Waals surface area (Å²) in [7, 11) is 0. The predicted octanol–water partition coefficient (Wildman–Crippen LogP) is 4.79. The summed E-state index contributed by atoms with van der Waals surface area (Å²) in [4.78, 5) is 12.5. The number of hydrogen-bond acceptors (Lipinski definition) is 4. The van der Waals surface area contributed by atoms with Gasteiger partial charge in [-0.3, -0.25) is 4.79 Å². The summed E-state index contributed by atoms with van der Waals surface area (Å²) in [6.45, 7) is 6.85. The zero-order chi connectivity index (χ0) is 17.8. The largest absolute Gasteiger partial charge is 0.490 e. The van der Waals surface area contributed by atoms with E-state index in [2.05, 4.69) is 5.32 Å². The Labute approximate surface area is 146 Å². The van der Waals surface area contributed by atoms with Crippen molar-refractivity contribution in [3.63, 3.8) is 0 Å². The first-order valence-corrected chi connectivity index (χ1v) is 8.32. The average Bonchev–Trinajstić information content (AvgIpc) is 3.01. The third kappa shape index (κ3) is 3.76. The summed E-state index contributed by atoms with van der Waals surface area (Å²) in [5.41, 5.74) is 2.40. The van der Waals surface area contributed by atoms with Crippen LogP contribution in [0.25, 0.3) is 11.0 Å².